The van der Waals surface area contributed by atoms with E-state index in [0.29, 0.717) is 30.2 Å². The summed E-state index contributed by atoms with van der Waals surface area (Å²) in [6, 6.07) is 28.9. The van der Waals surface area contributed by atoms with E-state index in [-0.39, 0.29) is 5.69 Å². The topological polar surface area (TPSA) is 86.5 Å². The molecule has 7 nitrogen and oxygen atoms in total. The summed E-state index contributed by atoms with van der Waals surface area (Å²) in [5, 5.41) is 11.3. The number of ether oxygens (including phenoxy) is 2. The van der Waals surface area contributed by atoms with E-state index in [4.69, 9.17) is 9.47 Å². The average Bonchev–Trinajstić information content (AvgIpc) is 3.55. The highest BCUT2D eigenvalue weighted by atomic mass is 32.1. The molecule has 8 heteroatoms. The Morgan fingerprint density at radius 1 is 0.895 bits per heavy atom. The summed E-state index contributed by atoms with van der Waals surface area (Å²) in [5.41, 5.74) is 5.91. The van der Waals surface area contributed by atoms with Crippen LogP contribution >= 0.6 is 11.7 Å². The molecule has 38 heavy (non-hydrogen) atoms. The van der Waals surface area contributed by atoms with Gasteiger partial charge in [-0.2, -0.15) is 8.75 Å². The summed E-state index contributed by atoms with van der Waals surface area (Å²) in [5.74, 6) is 0.301. The van der Waals surface area contributed by atoms with Crippen LogP contribution in [0.3, 0.4) is 0 Å². The van der Waals surface area contributed by atoms with Crippen molar-refractivity contribution in [1.29, 1.82) is 0 Å². The molecule has 0 saturated heterocycles. The van der Waals surface area contributed by atoms with Gasteiger partial charge in [0.1, 0.15) is 34.8 Å². The number of carbonyl (C=O) groups is 1. The quantitative estimate of drug-likeness (QED) is 0.241. The normalized spacial score (nSPS) is 11.2. The molecular formula is C30H23N3O4S. The van der Waals surface area contributed by atoms with Crippen LogP contribution in [0.25, 0.3) is 33.1 Å². The van der Waals surface area contributed by atoms with Crippen LogP contribution in [0.2, 0.25) is 0 Å². The lowest BCUT2D eigenvalue weighted by Crippen LogP contribution is -2.10. The van der Waals surface area contributed by atoms with Gasteiger partial charge in [-0.05, 0) is 53.1 Å². The molecule has 0 spiro atoms. The fourth-order valence-corrected chi connectivity index (χ4v) is 5.28. The van der Waals surface area contributed by atoms with Gasteiger partial charge in [-0.25, -0.2) is 4.79 Å². The summed E-state index contributed by atoms with van der Waals surface area (Å²) in [6.07, 6.45) is 0. The van der Waals surface area contributed by atoms with Crippen LogP contribution < -0.4 is 9.47 Å². The number of benzene rings is 4. The first-order chi connectivity index (χ1) is 18.6. The summed E-state index contributed by atoms with van der Waals surface area (Å²) >= 11 is 1.16. The number of hydrogen-bond donors (Lipinski definition) is 1. The third-order valence-electron chi connectivity index (χ3n) is 6.53. The molecule has 2 aromatic heterocycles. The Labute approximate surface area is 222 Å². The molecule has 0 bridgehead atoms. The number of fused-ring (bicyclic) bond motifs is 2. The molecule has 0 unspecified atom stereocenters. The van der Waals surface area contributed by atoms with Crippen LogP contribution in [0.5, 0.6) is 11.5 Å². The standard InChI is InChI=1S/C30H23N3O4S/c1-36-22-13-11-21(12-14-22)27-28-25(8-5-9-26(28)37-18-19-6-3-2-4-7-19)33(29(27)30(34)35)17-20-10-15-23-24(16-20)32-38-31-23/h2-16H,17-18H2,1H3,(H,34,35). The van der Waals surface area contributed by atoms with Gasteiger partial charge in [0.15, 0.2) is 0 Å². The summed E-state index contributed by atoms with van der Waals surface area (Å²) < 4.78 is 22.1. The fraction of sp³-hybridized carbons (Fsp3) is 0.100. The predicted octanol–water partition coefficient (Wildman–Crippen LogP) is 6.65. The van der Waals surface area contributed by atoms with Gasteiger partial charge in [0.05, 0.1) is 29.7 Å². The van der Waals surface area contributed by atoms with Crippen molar-refractivity contribution in [2.45, 2.75) is 13.2 Å². The van der Waals surface area contributed by atoms with Crippen LogP contribution in [-0.4, -0.2) is 31.5 Å². The van der Waals surface area contributed by atoms with Gasteiger partial charge in [0.25, 0.3) is 0 Å². The summed E-state index contributed by atoms with van der Waals surface area (Å²) in [4.78, 5) is 12.9. The zero-order valence-electron chi connectivity index (χ0n) is 20.5. The lowest BCUT2D eigenvalue weighted by molar-refractivity contribution is 0.0687. The molecule has 0 aliphatic rings. The first-order valence-electron chi connectivity index (χ1n) is 12.0. The van der Waals surface area contributed by atoms with Crippen molar-refractivity contribution in [3.05, 3.63) is 108 Å². The number of nitrogens with zero attached hydrogens (tertiary/aromatic N) is 3. The molecule has 6 rings (SSSR count). The number of carboxylic acids is 1. The summed E-state index contributed by atoms with van der Waals surface area (Å²) in [7, 11) is 1.60. The third-order valence-corrected chi connectivity index (χ3v) is 7.09. The minimum atomic E-state index is -1.02. The number of aromatic carboxylic acids is 1. The molecule has 0 atom stereocenters. The highest BCUT2D eigenvalue weighted by Gasteiger charge is 2.26. The monoisotopic (exact) mass is 521 g/mol. The Morgan fingerprint density at radius 3 is 2.45 bits per heavy atom. The van der Waals surface area contributed by atoms with Crippen LogP contribution in [0, 0.1) is 0 Å². The Kier molecular flexibility index (Phi) is 6.23. The van der Waals surface area contributed by atoms with Gasteiger partial charge >= 0.3 is 5.97 Å². The molecule has 0 amide bonds. The molecule has 2 heterocycles. The molecule has 188 valence electrons. The first kappa shape index (κ1) is 23.7. The maximum Gasteiger partial charge on any atom is 0.353 e. The third kappa shape index (κ3) is 4.35. The molecule has 4 aromatic carbocycles. The lowest BCUT2D eigenvalue weighted by Gasteiger charge is -2.10. The smallest absolute Gasteiger partial charge is 0.353 e. The van der Waals surface area contributed by atoms with Gasteiger partial charge in [0, 0.05) is 12.1 Å². The van der Waals surface area contributed by atoms with Crippen molar-refractivity contribution >= 4 is 39.6 Å². The Balaban J connectivity index is 1.55. The van der Waals surface area contributed by atoms with Crippen molar-refractivity contribution in [1.82, 2.24) is 13.3 Å². The fourth-order valence-electron chi connectivity index (χ4n) is 4.76. The van der Waals surface area contributed by atoms with Gasteiger partial charge in [0.2, 0.25) is 0 Å². The molecule has 0 radical (unpaired) electrons. The van der Waals surface area contributed by atoms with E-state index in [2.05, 4.69) is 8.75 Å². The van der Waals surface area contributed by atoms with E-state index in [1.165, 1.54) is 0 Å². The largest absolute Gasteiger partial charge is 0.497 e. The minimum Gasteiger partial charge on any atom is -0.497 e. The number of carboxylic acid groups (broad SMARTS) is 1. The van der Waals surface area contributed by atoms with E-state index in [1.807, 2.05) is 95.6 Å². The van der Waals surface area contributed by atoms with Crippen LogP contribution in [-0.2, 0) is 13.2 Å². The van der Waals surface area contributed by atoms with Crippen molar-refractivity contribution in [3.8, 4) is 22.6 Å². The molecular weight excluding hydrogens is 498 g/mol. The maximum absolute atomic E-state index is 12.9. The van der Waals surface area contributed by atoms with E-state index in [9.17, 15) is 9.90 Å². The van der Waals surface area contributed by atoms with Crippen LogP contribution in [0.15, 0.2) is 91.0 Å². The summed E-state index contributed by atoms with van der Waals surface area (Å²) in [6.45, 7) is 0.715. The SMILES string of the molecule is COc1ccc(-c2c(C(=O)O)n(Cc3ccc4nsnc4c3)c3cccc(OCc4ccccc4)c23)cc1. The van der Waals surface area contributed by atoms with E-state index in [0.717, 1.165) is 50.4 Å². The van der Waals surface area contributed by atoms with Crippen molar-refractivity contribution in [3.63, 3.8) is 0 Å². The highest BCUT2D eigenvalue weighted by molar-refractivity contribution is 7.00. The van der Waals surface area contributed by atoms with Gasteiger partial charge < -0.3 is 19.1 Å². The van der Waals surface area contributed by atoms with Gasteiger partial charge in [-0.1, -0.05) is 54.6 Å². The number of aromatic nitrogens is 3. The van der Waals surface area contributed by atoms with Crippen molar-refractivity contribution in [2.75, 3.05) is 7.11 Å². The molecule has 6 aromatic rings. The molecule has 0 aliphatic heterocycles. The van der Waals surface area contributed by atoms with Gasteiger partial charge in [-0.15, -0.1) is 0 Å². The molecule has 0 fully saturated rings. The highest BCUT2D eigenvalue weighted by Crippen LogP contribution is 2.41. The second-order valence-electron chi connectivity index (χ2n) is 8.86. The van der Waals surface area contributed by atoms with Crippen LogP contribution in [0.4, 0.5) is 0 Å². The lowest BCUT2D eigenvalue weighted by atomic mass is 10.0. The first-order valence-corrected chi connectivity index (χ1v) is 12.8. The number of rotatable bonds is 8. The number of hydrogen-bond acceptors (Lipinski definition) is 6. The van der Waals surface area contributed by atoms with E-state index >= 15 is 0 Å². The zero-order valence-corrected chi connectivity index (χ0v) is 21.3. The molecule has 0 saturated carbocycles. The molecule has 1 N–H and O–H groups in total. The second kappa shape index (κ2) is 9.99. The Morgan fingerprint density at radius 2 is 1.68 bits per heavy atom. The minimum absolute atomic E-state index is 0.192. The number of methoxy groups -OCH3 is 1. The van der Waals surface area contributed by atoms with Crippen molar-refractivity contribution in [2.24, 2.45) is 0 Å². The zero-order chi connectivity index (χ0) is 26.1. The Bertz CT molecular complexity index is 1760. The maximum atomic E-state index is 12.9. The molecule has 0 aliphatic carbocycles. The second-order valence-corrected chi connectivity index (χ2v) is 9.38. The average molecular weight is 522 g/mol. The van der Waals surface area contributed by atoms with Crippen molar-refractivity contribution < 1.29 is 19.4 Å². The van der Waals surface area contributed by atoms with E-state index in [1.54, 1.807) is 7.11 Å². The Hall–Kier alpha value is -4.69. The predicted molar refractivity (Wildman–Crippen MR) is 148 cm³/mol. The van der Waals surface area contributed by atoms with Crippen LogP contribution in [0.1, 0.15) is 21.6 Å². The van der Waals surface area contributed by atoms with Gasteiger partial charge in [-0.3, -0.25) is 0 Å². The van der Waals surface area contributed by atoms with E-state index < -0.39 is 5.97 Å².